The summed E-state index contributed by atoms with van der Waals surface area (Å²) in [7, 11) is 1.63. The first-order valence-corrected chi connectivity index (χ1v) is 18.4. The van der Waals surface area contributed by atoms with Crippen molar-refractivity contribution in [2.75, 3.05) is 20.3 Å². The Kier molecular flexibility index (Phi) is 16.3. The zero-order valence-corrected chi connectivity index (χ0v) is 32.2. The fourth-order valence-corrected chi connectivity index (χ4v) is 7.22. The normalized spacial score (nSPS) is 30.8. The molecule has 1 saturated heterocycles. The molecule has 2 aliphatic rings. The largest absolute Gasteiger partial charge is 0.457 e. The molecule has 1 fully saturated rings. The van der Waals surface area contributed by atoms with E-state index in [1.54, 1.807) is 63.2 Å². The summed E-state index contributed by atoms with van der Waals surface area (Å²) in [6.45, 7) is 11.6. The Labute approximate surface area is 312 Å². The van der Waals surface area contributed by atoms with Crippen LogP contribution in [0.3, 0.4) is 0 Å². The van der Waals surface area contributed by atoms with Crippen LogP contribution in [0, 0.1) is 23.5 Å². The summed E-state index contributed by atoms with van der Waals surface area (Å²) in [6.07, 6.45) is 4.77. The van der Waals surface area contributed by atoms with Crippen molar-refractivity contribution < 1.29 is 57.7 Å². The predicted molar refractivity (Wildman–Crippen MR) is 194 cm³/mol. The Morgan fingerprint density at radius 2 is 1.92 bits per heavy atom. The highest BCUT2D eigenvalue weighted by Gasteiger charge is 2.56. The number of allylic oxidation sites excluding steroid dienone is 2. The first-order chi connectivity index (χ1) is 24.8. The number of hydrogen-bond acceptors (Lipinski definition) is 11. The van der Waals surface area contributed by atoms with Crippen molar-refractivity contribution in [2.45, 2.75) is 135 Å². The van der Waals surface area contributed by atoms with Crippen molar-refractivity contribution in [1.82, 2.24) is 4.90 Å². The Morgan fingerprint density at radius 3 is 2.53 bits per heavy atom. The minimum atomic E-state index is -1.63. The molecule has 3 unspecified atom stereocenters. The number of esters is 2. The van der Waals surface area contributed by atoms with Crippen molar-refractivity contribution in [2.24, 2.45) is 11.8 Å². The number of epoxide rings is 1. The third-order valence-corrected chi connectivity index (χ3v) is 10.3. The number of cyclic esters (lactones) is 1. The SMILES string of the molecule is CC[C@H](OC)[C@@H](C)[C@H]1O[C@@H]1C(N(CCO)Cc1ccc(F)cc1F)C(C)(O)/C=C/C=C(\C)[C@H]1OC(=O)C[C@H](O)CCC(C)(O)[C@@H](OC(C)=O)/C=C/[C@@H]1C. The molecule has 0 amide bonds. The smallest absolute Gasteiger partial charge is 0.309 e. The first-order valence-electron chi connectivity index (χ1n) is 18.4. The van der Waals surface area contributed by atoms with Crippen LogP contribution in [0.25, 0.3) is 0 Å². The average molecular weight is 752 g/mol. The van der Waals surface area contributed by atoms with Crippen LogP contribution < -0.4 is 0 Å². The molecule has 13 heteroatoms. The number of aliphatic hydroxyl groups excluding tert-OH is 2. The molecule has 11 nitrogen and oxygen atoms in total. The maximum absolute atomic E-state index is 14.9. The van der Waals surface area contributed by atoms with E-state index in [2.05, 4.69) is 0 Å². The van der Waals surface area contributed by atoms with E-state index in [-0.39, 0.29) is 62.6 Å². The highest BCUT2D eigenvalue weighted by Crippen LogP contribution is 2.41. The lowest BCUT2D eigenvalue weighted by Gasteiger charge is -2.39. The van der Waals surface area contributed by atoms with E-state index in [9.17, 15) is 38.8 Å². The number of rotatable bonds is 15. The predicted octanol–water partition coefficient (Wildman–Crippen LogP) is 4.54. The number of nitrogens with zero attached hydrogens (tertiary/aromatic N) is 1. The lowest BCUT2D eigenvalue weighted by molar-refractivity contribution is -0.157. The number of halogens is 2. The fraction of sp³-hybridized carbons (Fsp3) is 0.650. The number of carbonyl (C=O) groups is 2. The van der Waals surface area contributed by atoms with Gasteiger partial charge in [0.05, 0.1) is 43.0 Å². The van der Waals surface area contributed by atoms with E-state index in [0.29, 0.717) is 5.57 Å². The van der Waals surface area contributed by atoms with Crippen molar-refractivity contribution in [3.05, 3.63) is 71.4 Å². The Morgan fingerprint density at radius 1 is 1.23 bits per heavy atom. The summed E-state index contributed by atoms with van der Waals surface area (Å²) >= 11 is 0. The minimum absolute atomic E-state index is 0.0480. The topological polar surface area (TPSA) is 159 Å². The first kappa shape index (κ1) is 44.4. The third-order valence-electron chi connectivity index (χ3n) is 10.3. The number of methoxy groups -OCH3 is 1. The second kappa shape index (κ2) is 19.5. The zero-order chi connectivity index (χ0) is 39.7. The summed E-state index contributed by atoms with van der Waals surface area (Å²) in [4.78, 5) is 26.5. The maximum atomic E-state index is 14.9. The third kappa shape index (κ3) is 12.5. The van der Waals surface area contributed by atoms with Crippen LogP contribution in [0.1, 0.15) is 79.7 Å². The van der Waals surface area contributed by atoms with Gasteiger partial charge in [-0.15, -0.1) is 0 Å². The fourth-order valence-electron chi connectivity index (χ4n) is 7.22. The summed E-state index contributed by atoms with van der Waals surface area (Å²) in [5, 5.41) is 43.9. The number of hydrogen-bond donors (Lipinski definition) is 4. The van der Waals surface area contributed by atoms with Gasteiger partial charge in [0.15, 0.2) is 0 Å². The van der Waals surface area contributed by atoms with Gasteiger partial charge in [-0.2, -0.15) is 0 Å². The lowest BCUT2D eigenvalue weighted by Crippen LogP contribution is -2.55. The van der Waals surface area contributed by atoms with Crippen LogP contribution in [0.4, 0.5) is 8.78 Å². The molecule has 0 saturated carbocycles. The molecule has 0 spiro atoms. The molecular weight excluding hydrogens is 692 g/mol. The van der Waals surface area contributed by atoms with Gasteiger partial charge in [0.2, 0.25) is 0 Å². The Balaban J connectivity index is 1.99. The van der Waals surface area contributed by atoms with Crippen LogP contribution in [0.2, 0.25) is 0 Å². The van der Waals surface area contributed by atoms with E-state index in [0.717, 1.165) is 18.6 Å². The molecular formula is C40H59F2NO10. The van der Waals surface area contributed by atoms with Gasteiger partial charge in [0.25, 0.3) is 0 Å². The maximum Gasteiger partial charge on any atom is 0.309 e. The van der Waals surface area contributed by atoms with Crippen molar-refractivity contribution in [3.63, 3.8) is 0 Å². The summed E-state index contributed by atoms with van der Waals surface area (Å²) < 4.78 is 51.8. The second-order valence-corrected chi connectivity index (χ2v) is 14.9. The van der Waals surface area contributed by atoms with Gasteiger partial charge in [-0.05, 0) is 57.7 Å². The van der Waals surface area contributed by atoms with Gasteiger partial charge >= 0.3 is 11.9 Å². The quantitative estimate of drug-likeness (QED) is 0.0863. The van der Waals surface area contributed by atoms with E-state index < -0.39 is 71.2 Å². The highest BCUT2D eigenvalue weighted by atomic mass is 19.1. The molecule has 298 valence electrons. The van der Waals surface area contributed by atoms with Crippen LogP contribution in [-0.4, -0.2) is 111 Å². The molecule has 2 heterocycles. The number of aliphatic hydroxyl groups is 4. The minimum Gasteiger partial charge on any atom is -0.457 e. The molecule has 1 aromatic rings. The van der Waals surface area contributed by atoms with E-state index in [1.165, 1.54) is 19.9 Å². The zero-order valence-electron chi connectivity index (χ0n) is 32.2. The van der Waals surface area contributed by atoms with Crippen molar-refractivity contribution in [1.29, 1.82) is 0 Å². The van der Waals surface area contributed by atoms with Crippen molar-refractivity contribution >= 4 is 11.9 Å². The second-order valence-electron chi connectivity index (χ2n) is 14.9. The average Bonchev–Trinajstić information content (AvgIpc) is 3.85. The Hall–Kier alpha value is -3.04. The number of benzene rings is 1. The molecule has 11 atom stereocenters. The van der Waals surface area contributed by atoms with E-state index in [1.807, 2.05) is 13.8 Å². The summed E-state index contributed by atoms with van der Waals surface area (Å²) in [5.41, 5.74) is -2.37. The molecule has 1 aromatic carbocycles. The van der Waals surface area contributed by atoms with E-state index in [4.69, 9.17) is 18.9 Å². The van der Waals surface area contributed by atoms with E-state index >= 15 is 0 Å². The molecule has 0 bridgehead atoms. The Bertz CT molecular complexity index is 1460. The molecule has 0 radical (unpaired) electrons. The van der Waals surface area contributed by atoms with Gasteiger partial charge in [-0.1, -0.05) is 51.1 Å². The van der Waals surface area contributed by atoms with Gasteiger partial charge in [0, 0.05) is 50.6 Å². The number of carbonyl (C=O) groups excluding carboxylic acids is 2. The standard InChI is InChI=1S/C40H59F2NO10/c1-9-32(50-8)26(4)36-37(53-36)38(43(19-20-44)23-28-13-14-29(41)21-31(28)42)40(7,49)17-10-11-24(2)35-25(3)12-15-33(51-27(5)45)39(6,48)18-16-30(46)22-34(47)52-35/h10-15,17,21,25-26,30,32-33,35-38,44,46,48-49H,9,16,18-20,22-23H2,1-8H3/b15-12+,17-10+,24-11+/t25-,26+,30+,32-,33-,35+,36+,37-,38?,39?,40?/m0/s1. The van der Waals surface area contributed by atoms with Crippen molar-refractivity contribution in [3.8, 4) is 0 Å². The summed E-state index contributed by atoms with van der Waals surface area (Å²) in [6, 6.07) is 2.49. The molecule has 53 heavy (non-hydrogen) atoms. The van der Waals surface area contributed by atoms with Gasteiger partial charge in [-0.25, -0.2) is 8.78 Å². The molecule has 0 aromatic heterocycles. The summed E-state index contributed by atoms with van der Waals surface area (Å²) in [5.74, 6) is -3.21. The van der Waals surface area contributed by atoms with Gasteiger partial charge in [0.1, 0.15) is 35.5 Å². The van der Waals surface area contributed by atoms with Gasteiger partial charge < -0.3 is 39.4 Å². The van der Waals surface area contributed by atoms with Crippen LogP contribution >= 0.6 is 0 Å². The molecule has 0 aliphatic carbocycles. The lowest BCUT2D eigenvalue weighted by atomic mass is 9.85. The van der Waals surface area contributed by atoms with Crippen LogP contribution in [0.5, 0.6) is 0 Å². The highest BCUT2D eigenvalue weighted by molar-refractivity contribution is 5.70. The molecule has 3 rings (SSSR count). The van der Waals surface area contributed by atoms with Crippen LogP contribution in [0.15, 0.2) is 54.2 Å². The monoisotopic (exact) mass is 751 g/mol. The molecule has 2 aliphatic heterocycles. The van der Waals surface area contributed by atoms with Gasteiger partial charge in [-0.3, -0.25) is 14.5 Å². The number of ether oxygens (including phenoxy) is 4. The molecule has 4 N–H and O–H groups in total. The van der Waals surface area contributed by atoms with Crippen LogP contribution in [-0.2, 0) is 35.1 Å².